The van der Waals surface area contributed by atoms with Crippen molar-refractivity contribution < 1.29 is 18.3 Å². The summed E-state index contributed by atoms with van der Waals surface area (Å²) in [5, 5.41) is 5.40. The first-order valence-corrected chi connectivity index (χ1v) is 12.0. The minimum absolute atomic E-state index is 0.0659. The molecule has 1 heterocycles. The van der Waals surface area contributed by atoms with Crippen LogP contribution in [0.5, 0.6) is 11.5 Å². The second-order valence-electron chi connectivity index (χ2n) is 5.10. The lowest BCUT2D eigenvalue weighted by atomic mass is 10.0. The molecule has 0 N–H and O–H groups in total. The van der Waals surface area contributed by atoms with Crippen LogP contribution in [0.1, 0.15) is 19.5 Å². The summed E-state index contributed by atoms with van der Waals surface area (Å²) in [5.41, 5.74) is 1.95. The summed E-state index contributed by atoms with van der Waals surface area (Å²) in [7, 11) is 2.66. The standard InChI is InChI=1S/C16H14F2IN2O2P.C2H6/c1-8-10-5-4-9(6-11(10)21(20-8)24-19)14-15(17)12(22-2)7-13(23-3)16(14)18;1-2/h4-7,24H,1-3H3;1-2H3. The van der Waals surface area contributed by atoms with Crippen LogP contribution in [0, 0.1) is 18.6 Å². The summed E-state index contributed by atoms with van der Waals surface area (Å²) in [6.07, 6.45) is 0.387. The maximum Gasteiger partial charge on any atom is 0.176 e. The first kappa shape index (κ1) is 20.8. The second-order valence-corrected chi connectivity index (χ2v) is 7.14. The van der Waals surface area contributed by atoms with Gasteiger partial charge < -0.3 is 9.47 Å². The number of methoxy groups -OCH3 is 2. The van der Waals surface area contributed by atoms with Crippen molar-refractivity contribution in [1.82, 2.24) is 9.55 Å². The summed E-state index contributed by atoms with van der Waals surface area (Å²) in [5.74, 6) is -1.64. The molecule has 4 nitrogen and oxygen atoms in total. The molecule has 1 atom stereocenters. The lowest BCUT2D eigenvalue weighted by molar-refractivity contribution is 0.360. The van der Waals surface area contributed by atoms with Gasteiger partial charge in [-0.25, -0.2) is 13.2 Å². The van der Waals surface area contributed by atoms with Gasteiger partial charge in [-0.15, -0.1) is 0 Å². The van der Waals surface area contributed by atoms with E-state index in [9.17, 15) is 8.78 Å². The van der Waals surface area contributed by atoms with E-state index < -0.39 is 11.6 Å². The Bertz CT molecular complexity index is 903. The third-order valence-electron chi connectivity index (χ3n) is 3.81. The second kappa shape index (κ2) is 8.95. The molecule has 0 saturated heterocycles. The largest absolute Gasteiger partial charge is 0.494 e. The molecule has 26 heavy (non-hydrogen) atoms. The molecule has 0 saturated carbocycles. The van der Waals surface area contributed by atoms with Crippen molar-refractivity contribution >= 4 is 39.3 Å². The van der Waals surface area contributed by atoms with Crippen LogP contribution >= 0.6 is 28.4 Å². The predicted molar refractivity (Wildman–Crippen MR) is 112 cm³/mol. The highest BCUT2D eigenvalue weighted by Crippen LogP contribution is 2.39. The van der Waals surface area contributed by atoms with E-state index in [1.807, 2.05) is 31.3 Å². The molecular weight excluding hydrogens is 472 g/mol. The third-order valence-corrected chi connectivity index (χ3v) is 5.68. The van der Waals surface area contributed by atoms with Crippen LogP contribution in [-0.4, -0.2) is 23.8 Å². The van der Waals surface area contributed by atoms with Gasteiger partial charge in [0, 0.05) is 11.5 Å². The molecule has 0 aliphatic rings. The maximum atomic E-state index is 14.7. The van der Waals surface area contributed by atoms with Crippen molar-refractivity contribution in [1.29, 1.82) is 0 Å². The van der Waals surface area contributed by atoms with Gasteiger partial charge in [0.2, 0.25) is 0 Å². The molecule has 0 spiro atoms. The smallest absolute Gasteiger partial charge is 0.176 e. The van der Waals surface area contributed by atoms with Gasteiger partial charge in [-0.05, 0) is 40.6 Å². The Kier molecular flexibility index (Phi) is 7.17. The molecule has 8 heteroatoms. The lowest BCUT2D eigenvalue weighted by Crippen LogP contribution is -1.99. The number of hydrogen-bond donors (Lipinski definition) is 0. The Labute approximate surface area is 166 Å². The zero-order valence-corrected chi connectivity index (χ0v) is 18.3. The number of benzene rings is 2. The minimum Gasteiger partial charge on any atom is -0.494 e. The number of aryl methyl sites for hydroxylation is 1. The maximum absolute atomic E-state index is 14.7. The normalized spacial score (nSPS) is 10.9. The van der Waals surface area contributed by atoms with Gasteiger partial charge in [0.05, 0.1) is 37.4 Å². The highest BCUT2D eigenvalue weighted by Gasteiger charge is 2.22. The van der Waals surface area contributed by atoms with Gasteiger partial charge in [-0.3, -0.25) is 0 Å². The summed E-state index contributed by atoms with van der Waals surface area (Å²) < 4.78 is 41.2. The molecule has 1 aromatic heterocycles. The number of ether oxygens (including phenoxy) is 2. The van der Waals surface area contributed by atoms with E-state index in [4.69, 9.17) is 9.47 Å². The summed E-state index contributed by atoms with van der Waals surface area (Å²) in [4.78, 5) is 0. The van der Waals surface area contributed by atoms with E-state index in [1.54, 1.807) is 12.1 Å². The fourth-order valence-electron chi connectivity index (χ4n) is 2.63. The fraction of sp³-hybridized carbons (Fsp3) is 0.278. The van der Waals surface area contributed by atoms with Crippen molar-refractivity contribution in [2.75, 3.05) is 14.2 Å². The Balaban J connectivity index is 0.00000117. The van der Waals surface area contributed by atoms with Gasteiger partial charge in [-0.2, -0.15) is 5.10 Å². The van der Waals surface area contributed by atoms with Crippen molar-refractivity contribution in [3.05, 3.63) is 41.6 Å². The Morgan fingerprint density at radius 1 is 1.04 bits per heavy atom. The zero-order valence-electron chi connectivity index (χ0n) is 15.2. The topological polar surface area (TPSA) is 36.3 Å². The lowest BCUT2D eigenvalue weighted by Gasteiger charge is -2.13. The van der Waals surface area contributed by atoms with Gasteiger partial charge in [0.25, 0.3) is 0 Å². The number of fused-ring (bicyclic) bond motifs is 1. The van der Waals surface area contributed by atoms with Crippen LogP contribution in [0.4, 0.5) is 8.78 Å². The Hall–Kier alpha value is -1.47. The molecule has 0 fully saturated rings. The van der Waals surface area contributed by atoms with Gasteiger partial charge in [0.1, 0.15) is 0 Å². The molecule has 0 radical (unpaired) electrons. The Morgan fingerprint density at radius 2 is 1.62 bits per heavy atom. The van der Waals surface area contributed by atoms with Crippen molar-refractivity contribution in [2.24, 2.45) is 0 Å². The van der Waals surface area contributed by atoms with E-state index in [0.717, 1.165) is 16.6 Å². The van der Waals surface area contributed by atoms with E-state index >= 15 is 0 Å². The van der Waals surface area contributed by atoms with Crippen LogP contribution < -0.4 is 9.47 Å². The number of hydrogen-bond acceptors (Lipinski definition) is 3. The van der Waals surface area contributed by atoms with Crippen LogP contribution in [0.3, 0.4) is 0 Å². The fourth-order valence-corrected chi connectivity index (χ4v) is 4.20. The molecule has 140 valence electrons. The predicted octanol–water partition coefficient (Wildman–Crippen LogP) is 6.12. The van der Waals surface area contributed by atoms with Crippen molar-refractivity contribution in [2.45, 2.75) is 20.8 Å². The zero-order chi connectivity index (χ0) is 19.4. The summed E-state index contributed by atoms with van der Waals surface area (Å²) in [6.45, 7) is 5.91. The van der Waals surface area contributed by atoms with E-state index in [0.29, 0.717) is 11.9 Å². The first-order valence-electron chi connectivity index (χ1n) is 7.98. The molecule has 0 bridgehead atoms. The van der Waals surface area contributed by atoms with Gasteiger partial charge >= 0.3 is 0 Å². The molecule has 0 aliphatic heterocycles. The molecule has 3 aromatic rings. The van der Waals surface area contributed by atoms with Crippen molar-refractivity contribution in [3.8, 4) is 22.6 Å². The molecule has 1 unspecified atom stereocenters. The molecule has 3 rings (SSSR count). The minimum atomic E-state index is -0.755. The van der Waals surface area contributed by atoms with Gasteiger partial charge in [-0.1, -0.05) is 26.0 Å². The number of nitrogens with zero attached hydrogens (tertiary/aromatic N) is 2. The quantitative estimate of drug-likeness (QED) is 0.325. The monoisotopic (exact) mass is 492 g/mol. The van der Waals surface area contributed by atoms with Crippen LogP contribution in [0.25, 0.3) is 22.0 Å². The summed E-state index contributed by atoms with van der Waals surface area (Å²) >= 11 is 2.22. The number of rotatable bonds is 4. The summed E-state index contributed by atoms with van der Waals surface area (Å²) in [6, 6.07) is 6.44. The average Bonchev–Trinajstić information content (AvgIpc) is 2.99. The molecular formula is C18H20F2IN2O2P. The molecule has 0 aliphatic carbocycles. The number of aromatic nitrogens is 2. The van der Waals surface area contributed by atoms with Crippen LogP contribution in [-0.2, 0) is 0 Å². The highest BCUT2D eigenvalue weighted by atomic mass is 127. The first-order chi connectivity index (χ1) is 12.5. The van der Waals surface area contributed by atoms with Crippen molar-refractivity contribution in [3.63, 3.8) is 0 Å². The van der Waals surface area contributed by atoms with E-state index in [-0.39, 0.29) is 17.1 Å². The van der Waals surface area contributed by atoms with Gasteiger partial charge in [0.15, 0.2) is 23.1 Å². The molecule has 0 amide bonds. The average molecular weight is 492 g/mol. The number of halogens is 3. The van der Waals surface area contributed by atoms with Crippen LogP contribution in [0.15, 0.2) is 24.3 Å². The van der Waals surface area contributed by atoms with E-state index in [1.165, 1.54) is 20.3 Å². The van der Waals surface area contributed by atoms with Crippen LogP contribution in [0.2, 0.25) is 0 Å². The van der Waals surface area contributed by atoms with E-state index in [2.05, 4.69) is 27.1 Å². The molecule has 2 aromatic carbocycles. The Morgan fingerprint density at radius 3 is 2.12 bits per heavy atom. The SMILES string of the molecule is CC.COc1cc(OC)c(F)c(-c2ccc3c(C)nn(PI)c3c2)c1F. The highest BCUT2D eigenvalue weighted by molar-refractivity contribution is 14.2. The third kappa shape index (κ3) is 3.64.